The topological polar surface area (TPSA) is 91.2 Å². The molecule has 152 valence electrons. The maximum atomic E-state index is 13.0. The van der Waals surface area contributed by atoms with Crippen molar-refractivity contribution in [3.63, 3.8) is 0 Å². The Morgan fingerprint density at radius 3 is 2.70 bits per heavy atom. The van der Waals surface area contributed by atoms with Gasteiger partial charge in [-0.3, -0.25) is 4.79 Å². The van der Waals surface area contributed by atoms with Crippen molar-refractivity contribution in [2.24, 2.45) is 0 Å². The molecule has 0 radical (unpaired) electrons. The smallest absolute Gasteiger partial charge is 0.256 e. The SMILES string of the molecule is CCc1nc(-c2ccc(N3CCN(C(=O)c4c[nH]c5ccccc45)CC3)nc2)no1. The molecule has 0 unspecified atom stereocenters. The first kappa shape index (κ1) is 18.4. The second-order valence-corrected chi connectivity index (χ2v) is 7.30. The van der Waals surface area contributed by atoms with Gasteiger partial charge in [-0.15, -0.1) is 0 Å². The van der Waals surface area contributed by atoms with E-state index in [0.29, 0.717) is 31.2 Å². The van der Waals surface area contributed by atoms with Crippen molar-refractivity contribution in [2.45, 2.75) is 13.3 Å². The number of H-pyrrole nitrogens is 1. The number of piperazine rings is 1. The lowest BCUT2D eigenvalue weighted by Gasteiger charge is -2.35. The number of anilines is 1. The normalized spacial score (nSPS) is 14.4. The van der Waals surface area contributed by atoms with Crippen LogP contribution in [0.15, 0.2) is 53.3 Å². The lowest BCUT2D eigenvalue weighted by molar-refractivity contribution is 0.0748. The zero-order valence-corrected chi connectivity index (χ0v) is 16.7. The number of rotatable bonds is 4. The zero-order chi connectivity index (χ0) is 20.5. The summed E-state index contributed by atoms with van der Waals surface area (Å²) in [5.41, 5.74) is 2.54. The fraction of sp³-hybridized carbons (Fsp3) is 0.273. The zero-order valence-electron chi connectivity index (χ0n) is 16.7. The molecule has 0 atom stereocenters. The summed E-state index contributed by atoms with van der Waals surface area (Å²) in [5, 5.41) is 4.96. The minimum absolute atomic E-state index is 0.0687. The number of carbonyl (C=O) groups is 1. The highest BCUT2D eigenvalue weighted by Gasteiger charge is 2.24. The third kappa shape index (κ3) is 3.30. The molecule has 0 bridgehead atoms. The summed E-state index contributed by atoms with van der Waals surface area (Å²) in [6, 6.07) is 11.8. The molecule has 1 aliphatic heterocycles. The number of carbonyl (C=O) groups excluding carboxylic acids is 1. The van der Waals surface area contributed by atoms with Crippen molar-refractivity contribution in [3.8, 4) is 11.4 Å². The lowest BCUT2D eigenvalue weighted by atomic mass is 10.1. The second-order valence-electron chi connectivity index (χ2n) is 7.30. The number of nitrogens with zero attached hydrogens (tertiary/aromatic N) is 5. The third-order valence-electron chi connectivity index (χ3n) is 5.49. The number of nitrogens with one attached hydrogen (secondary N) is 1. The Balaban J connectivity index is 1.25. The fourth-order valence-corrected chi connectivity index (χ4v) is 3.78. The molecule has 1 aromatic carbocycles. The van der Waals surface area contributed by atoms with Gasteiger partial charge in [0.1, 0.15) is 5.82 Å². The highest BCUT2D eigenvalue weighted by molar-refractivity contribution is 6.06. The number of pyridine rings is 1. The van der Waals surface area contributed by atoms with Gasteiger partial charge in [-0.2, -0.15) is 4.98 Å². The maximum Gasteiger partial charge on any atom is 0.256 e. The number of aromatic amines is 1. The summed E-state index contributed by atoms with van der Waals surface area (Å²) in [7, 11) is 0. The molecule has 30 heavy (non-hydrogen) atoms. The van der Waals surface area contributed by atoms with E-state index in [9.17, 15) is 4.79 Å². The van der Waals surface area contributed by atoms with Gasteiger partial charge in [-0.1, -0.05) is 30.3 Å². The molecule has 5 rings (SSSR count). The van der Waals surface area contributed by atoms with Gasteiger partial charge in [0.05, 0.1) is 5.56 Å². The van der Waals surface area contributed by atoms with Gasteiger partial charge in [0, 0.05) is 61.5 Å². The van der Waals surface area contributed by atoms with Gasteiger partial charge in [-0.05, 0) is 18.2 Å². The number of amides is 1. The van der Waals surface area contributed by atoms with Crippen LogP contribution in [0.3, 0.4) is 0 Å². The number of para-hydroxylation sites is 1. The first-order chi connectivity index (χ1) is 14.7. The average molecular weight is 402 g/mol. The summed E-state index contributed by atoms with van der Waals surface area (Å²) in [5.74, 6) is 2.13. The van der Waals surface area contributed by atoms with Crippen LogP contribution < -0.4 is 4.90 Å². The Labute approximate surface area is 173 Å². The van der Waals surface area contributed by atoms with Crippen molar-refractivity contribution >= 4 is 22.6 Å². The number of hydrogen-bond acceptors (Lipinski definition) is 6. The molecule has 8 nitrogen and oxygen atoms in total. The molecule has 1 saturated heterocycles. The van der Waals surface area contributed by atoms with Crippen LogP contribution >= 0.6 is 0 Å². The molecular formula is C22H22N6O2. The Bertz CT molecular complexity index is 1170. The van der Waals surface area contributed by atoms with E-state index in [4.69, 9.17) is 4.52 Å². The van der Waals surface area contributed by atoms with Crippen LogP contribution in [0.1, 0.15) is 23.2 Å². The van der Waals surface area contributed by atoms with Crippen molar-refractivity contribution in [3.05, 3.63) is 60.2 Å². The first-order valence-corrected chi connectivity index (χ1v) is 10.1. The summed E-state index contributed by atoms with van der Waals surface area (Å²) in [6.45, 7) is 4.77. The van der Waals surface area contributed by atoms with Gasteiger partial charge in [0.25, 0.3) is 5.91 Å². The number of aryl methyl sites for hydroxylation is 1. The van der Waals surface area contributed by atoms with Crippen LogP contribution in [-0.4, -0.2) is 57.1 Å². The fourth-order valence-electron chi connectivity index (χ4n) is 3.78. The van der Waals surface area contributed by atoms with Gasteiger partial charge in [0.15, 0.2) is 0 Å². The molecule has 0 saturated carbocycles. The van der Waals surface area contributed by atoms with Crippen molar-refractivity contribution in [1.29, 1.82) is 0 Å². The van der Waals surface area contributed by atoms with E-state index in [1.165, 1.54) is 0 Å². The van der Waals surface area contributed by atoms with E-state index in [1.54, 1.807) is 6.20 Å². The number of fused-ring (bicyclic) bond motifs is 1. The van der Waals surface area contributed by atoms with Crippen molar-refractivity contribution in [1.82, 2.24) is 25.0 Å². The van der Waals surface area contributed by atoms with Gasteiger partial charge >= 0.3 is 0 Å². The molecule has 1 N–H and O–H groups in total. The first-order valence-electron chi connectivity index (χ1n) is 10.1. The molecule has 0 spiro atoms. The quantitative estimate of drug-likeness (QED) is 0.564. The van der Waals surface area contributed by atoms with E-state index in [-0.39, 0.29) is 5.91 Å². The highest BCUT2D eigenvalue weighted by Crippen LogP contribution is 2.22. The number of hydrogen-bond donors (Lipinski definition) is 1. The standard InChI is InChI=1S/C22H22N6O2/c1-2-20-25-21(26-30-20)15-7-8-19(24-13-15)27-9-11-28(12-10-27)22(29)17-14-23-18-6-4-3-5-16(17)18/h3-8,13-14,23H,2,9-12H2,1H3. The third-order valence-corrected chi connectivity index (χ3v) is 5.49. The van der Waals surface area contributed by atoms with E-state index in [2.05, 4.69) is 25.0 Å². The van der Waals surface area contributed by atoms with Crippen LogP contribution in [0.2, 0.25) is 0 Å². The van der Waals surface area contributed by atoms with Gasteiger partial charge < -0.3 is 19.3 Å². The van der Waals surface area contributed by atoms with Gasteiger partial charge in [-0.25, -0.2) is 4.98 Å². The molecule has 1 aliphatic rings. The Hall–Kier alpha value is -3.68. The van der Waals surface area contributed by atoms with E-state index < -0.39 is 0 Å². The van der Waals surface area contributed by atoms with Crippen LogP contribution in [-0.2, 0) is 6.42 Å². The van der Waals surface area contributed by atoms with Crippen LogP contribution in [0.25, 0.3) is 22.3 Å². The molecule has 4 heterocycles. The van der Waals surface area contributed by atoms with Crippen LogP contribution in [0, 0.1) is 0 Å². The van der Waals surface area contributed by atoms with Crippen LogP contribution in [0.5, 0.6) is 0 Å². The average Bonchev–Trinajstić information content (AvgIpc) is 3.46. The summed E-state index contributed by atoms with van der Waals surface area (Å²) >= 11 is 0. The highest BCUT2D eigenvalue weighted by atomic mass is 16.5. The second kappa shape index (κ2) is 7.62. The molecule has 1 fully saturated rings. The lowest BCUT2D eigenvalue weighted by Crippen LogP contribution is -2.49. The summed E-state index contributed by atoms with van der Waals surface area (Å²) < 4.78 is 5.17. The van der Waals surface area contributed by atoms with E-state index >= 15 is 0 Å². The van der Waals surface area contributed by atoms with Crippen LogP contribution in [0.4, 0.5) is 5.82 Å². The number of aromatic nitrogens is 4. The monoisotopic (exact) mass is 402 g/mol. The Morgan fingerprint density at radius 1 is 1.13 bits per heavy atom. The molecule has 4 aromatic rings. The van der Waals surface area contributed by atoms with Crippen molar-refractivity contribution < 1.29 is 9.32 Å². The minimum atomic E-state index is 0.0687. The molecule has 0 aliphatic carbocycles. The maximum absolute atomic E-state index is 13.0. The minimum Gasteiger partial charge on any atom is -0.360 e. The largest absolute Gasteiger partial charge is 0.360 e. The Morgan fingerprint density at radius 2 is 1.97 bits per heavy atom. The van der Waals surface area contributed by atoms with Crippen molar-refractivity contribution in [2.75, 3.05) is 31.1 Å². The number of benzene rings is 1. The Kier molecular flexibility index (Phi) is 4.66. The molecule has 8 heteroatoms. The molecule has 1 amide bonds. The molecular weight excluding hydrogens is 380 g/mol. The van der Waals surface area contributed by atoms with E-state index in [1.807, 2.05) is 54.4 Å². The predicted molar refractivity (Wildman–Crippen MR) is 113 cm³/mol. The summed E-state index contributed by atoms with van der Waals surface area (Å²) in [4.78, 5) is 29.2. The van der Waals surface area contributed by atoms with Gasteiger partial charge in [0.2, 0.25) is 11.7 Å². The van der Waals surface area contributed by atoms with E-state index in [0.717, 1.165) is 40.9 Å². The predicted octanol–water partition coefficient (Wildman–Crippen LogP) is 3.14. The molecule has 3 aromatic heterocycles. The summed E-state index contributed by atoms with van der Waals surface area (Å²) in [6.07, 6.45) is 4.28.